The summed E-state index contributed by atoms with van der Waals surface area (Å²) < 4.78 is 39.7. The van der Waals surface area contributed by atoms with E-state index < -0.39 is 15.8 Å². The van der Waals surface area contributed by atoms with Gasteiger partial charge in [0.1, 0.15) is 5.82 Å². The third-order valence-corrected chi connectivity index (χ3v) is 7.13. The molecule has 2 saturated heterocycles. The van der Waals surface area contributed by atoms with Crippen LogP contribution in [0, 0.1) is 5.82 Å². The quantitative estimate of drug-likeness (QED) is 0.794. The van der Waals surface area contributed by atoms with Crippen molar-refractivity contribution in [2.24, 2.45) is 0 Å². The van der Waals surface area contributed by atoms with Crippen LogP contribution in [0.4, 0.5) is 4.39 Å². The van der Waals surface area contributed by atoms with Gasteiger partial charge in [-0.3, -0.25) is 4.79 Å². The molecule has 1 amide bonds. The monoisotopic (exact) mass is 370 g/mol. The summed E-state index contributed by atoms with van der Waals surface area (Å²) >= 11 is 0. The van der Waals surface area contributed by atoms with Gasteiger partial charge in [-0.1, -0.05) is 0 Å². The SMILES string of the molecule is C[C@H](C(=O)N1CCCC1)[NH+]1CCN(S(=O)(=O)c2ccc(F)cc2)CC1. The molecule has 1 aromatic carbocycles. The summed E-state index contributed by atoms with van der Waals surface area (Å²) in [4.78, 5) is 15.7. The lowest BCUT2D eigenvalue weighted by molar-refractivity contribution is -0.918. The number of carbonyl (C=O) groups is 1. The number of quaternary nitrogens is 1. The number of hydrogen-bond donors (Lipinski definition) is 1. The second-order valence-electron chi connectivity index (χ2n) is 6.77. The molecule has 2 fully saturated rings. The van der Waals surface area contributed by atoms with Gasteiger partial charge in [-0.25, -0.2) is 12.8 Å². The second kappa shape index (κ2) is 7.39. The van der Waals surface area contributed by atoms with Crippen molar-refractivity contribution in [2.45, 2.75) is 30.7 Å². The van der Waals surface area contributed by atoms with Crippen LogP contribution < -0.4 is 4.90 Å². The highest BCUT2D eigenvalue weighted by atomic mass is 32.2. The van der Waals surface area contributed by atoms with Crippen LogP contribution in [0.25, 0.3) is 0 Å². The van der Waals surface area contributed by atoms with Gasteiger partial charge in [0.05, 0.1) is 31.1 Å². The molecule has 0 unspecified atom stereocenters. The van der Waals surface area contributed by atoms with Crippen LogP contribution in [0.2, 0.25) is 0 Å². The van der Waals surface area contributed by atoms with E-state index in [4.69, 9.17) is 0 Å². The summed E-state index contributed by atoms with van der Waals surface area (Å²) in [5.41, 5.74) is 0. The normalized spacial score (nSPS) is 21.4. The Labute approximate surface area is 148 Å². The van der Waals surface area contributed by atoms with Gasteiger partial charge in [0, 0.05) is 13.1 Å². The molecule has 138 valence electrons. The topological polar surface area (TPSA) is 62.1 Å². The van der Waals surface area contributed by atoms with E-state index in [-0.39, 0.29) is 16.8 Å². The Morgan fingerprint density at radius 3 is 2.20 bits per heavy atom. The number of nitrogens with one attached hydrogen (secondary N) is 1. The fourth-order valence-corrected chi connectivity index (χ4v) is 5.03. The number of likely N-dealkylation sites (tertiary alicyclic amines) is 1. The highest BCUT2D eigenvalue weighted by Crippen LogP contribution is 2.16. The van der Waals surface area contributed by atoms with E-state index in [0.29, 0.717) is 26.2 Å². The van der Waals surface area contributed by atoms with Crippen molar-refractivity contribution in [3.05, 3.63) is 30.1 Å². The van der Waals surface area contributed by atoms with Crippen LogP contribution in [0.1, 0.15) is 19.8 Å². The molecule has 0 aromatic heterocycles. The fourth-order valence-electron chi connectivity index (χ4n) is 3.59. The van der Waals surface area contributed by atoms with Crippen molar-refractivity contribution in [1.82, 2.24) is 9.21 Å². The first-order valence-corrected chi connectivity index (χ1v) is 10.2. The minimum Gasteiger partial charge on any atom is -0.338 e. The highest BCUT2D eigenvalue weighted by Gasteiger charge is 2.36. The van der Waals surface area contributed by atoms with Crippen molar-refractivity contribution >= 4 is 15.9 Å². The largest absolute Gasteiger partial charge is 0.338 e. The molecule has 0 saturated carbocycles. The predicted octanol–water partition coefficient (Wildman–Crippen LogP) is -0.274. The van der Waals surface area contributed by atoms with Crippen LogP contribution in [-0.4, -0.2) is 68.8 Å². The number of carbonyl (C=O) groups excluding carboxylic acids is 1. The van der Waals surface area contributed by atoms with Gasteiger partial charge in [0.15, 0.2) is 6.04 Å². The zero-order chi connectivity index (χ0) is 18.0. The summed E-state index contributed by atoms with van der Waals surface area (Å²) in [6, 6.07) is 4.76. The molecule has 2 heterocycles. The summed E-state index contributed by atoms with van der Waals surface area (Å²) in [6.45, 7) is 5.53. The van der Waals surface area contributed by atoms with E-state index in [2.05, 4.69) is 0 Å². The number of rotatable bonds is 4. The third kappa shape index (κ3) is 3.86. The second-order valence-corrected chi connectivity index (χ2v) is 8.71. The highest BCUT2D eigenvalue weighted by molar-refractivity contribution is 7.89. The van der Waals surface area contributed by atoms with Gasteiger partial charge in [0.2, 0.25) is 10.0 Å². The number of halogens is 1. The van der Waals surface area contributed by atoms with Crippen molar-refractivity contribution < 1.29 is 22.5 Å². The molecule has 1 aromatic rings. The Morgan fingerprint density at radius 2 is 1.64 bits per heavy atom. The summed E-state index contributed by atoms with van der Waals surface area (Å²) in [5.74, 6) is -0.287. The Hall–Kier alpha value is -1.51. The zero-order valence-corrected chi connectivity index (χ0v) is 15.3. The maximum Gasteiger partial charge on any atom is 0.280 e. The van der Waals surface area contributed by atoms with E-state index in [1.807, 2.05) is 11.8 Å². The molecule has 2 aliphatic heterocycles. The Kier molecular flexibility index (Phi) is 5.41. The average Bonchev–Trinajstić information content (AvgIpc) is 3.15. The lowest BCUT2D eigenvalue weighted by atomic mass is 10.2. The number of hydrogen-bond acceptors (Lipinski definition) is 3. The first kappa shape index (κ1) is 18.3. The number of sulfonamides is 1. The van der Waals surface area contributed by atoms with Gasteiger partial charge in [-0.2, -0.15) is 4.31 Å². The molecule has 25 heavy (non-hydrogen) atoms. The van der Waals surface area contributed by atoms with Gasteiger partial charge >= 0.3 is 0 Å². The fraction of sp³-hybridized carbons (Fsp3) is 0.588. The number of nitrogens with zero attached hydrogens (tertiary/aromatic N) is 2. The Morgan fingerprint density at radius 1 is 1.08 bits per heavy atom. The molecule has 2 aliphatic rings. The zero-order valence-electron chi connectivity index (χ0n) is 14.4. The molecule has 6 nitrogen and oxygen atoms in total. The third-order valence-electron chi connectivity index (χ3n) is 5.22. The van der Waals surface area contributed by atoms with Gasteiger partial charge in [0.25, 0.3) is 5.91 Å². The van der Waals surface area contributed by atoms with E-state index in [9.17, 15) is 17.6 Å². The smallest absolute Gasteiger partial charge is 0.280 e. The minimum absolute atomic E-state index is 0.110. The molecular weight excluding hydrogens is 345 g/mol. The van der Waals surface area contributed by atoms with Gasteiger partial charge in [-0.15, -0.1) is 0 Å². The van der Waals surface area contributed by atoms with E-state index in [0.717, 1.165) is 43.0 Å². The van der Waals surface area contributed by atoms with Crippen molar-refractivity contribution in [3.8, 4) is 0 Å². The first-order valence-electron chi connectivity index (χ1n) is 8.78. The van der Waals surface area contributed by atoms with Crippen molar-refractivity contribution in [1.29, 1.82) is 0 Å². The van der Waals surface area contributed by atoms with E-state index in [1.54, 1.807) is 0 Å². The molecule has 1 atom stereocenters. The summed E-state index contributed by atoms with van der Waals surface area (Å²) in [6.07, 6.45) is 2.13. The maximum absolute atomic E-state index is 13.0. The van der Waals surface area contributed by atoms with Crippen LogP contribution >= 0.6 is 0 Å². The molecule has 0 aliphatic carbocycles. The number of piperazine rings is 1. The molecule has 1 N–H and O–H groups in total. The van der Waals surface area contributed by atoms with Crippen molar-refractivity contribution in [2.75, 3.05) is 39.3 Å². The molecule has 8 heteroatoms. The predicted molar refractivity (Wildman–Crippen MR) is 91.1 cm³/mol. The Balaban J connectivity index is 1.61. The molecule has 3 rings (SSSR count). The molecule has 0 bridgehead atoms. The first-order chi connectivity index (χ1) is 11.9. The summed E-state index contributed by atoms with van der Waals surface area (Å²) in [7, 11) is -3.61. The molecule has 0 spiro atoms. The Bertz CT molecular complexity index is 709. The minimum atomic E-state index is -3.61. The maximum atomic E-state index is 13.0. The van der Waals surface area contributed by atoms with E-state index >= 15 is 0 Å². The van der Waals surface area contributed by atoms with Crippen LogP contribution in [0.15, 0.2) is 29.2 Å². The van der Waals surface area contributed by atoms with Crippen LogP contribution in [0.3, 0.4) is 0 Å². The van der Waals surface area contributed by atoms with Crippen molar-refractivity contribution in [3.63, 3.8) is 0 Å². The lowest BCUT2D eigenvalue weighted by Crippen LogP contribution is -3.19. The number of amides is 1. The van der Waals surface area contributed by atoms with Crippen LogP contribution in [-0.2, 0) is 14.8 Å². The molecule has 0 radical (unpaired) electrons. The standard InChI is InChI=1S/C17H24FN3O3S/c1-14(17(22)20-8-2-3-9-20)19-10-12-21(13-11-19)25(23,24)16-6-4-15(18)5-7-16/h4-7,14H,2-3,8-13H2,1H3/p+1/t14-/m1/s1. The van der Waals surface area contributed by atoms with Gasteiger partial charge in [-0.05, 0) is 44.0 Å². The lowest BCUT2D eigenvalue weighted by Gasteiger charge is -2.35. The van der Waals surface area contributed by atoms with Gasteiger partial charge < -0.3 is 9.80 Å². The average molecular weight is 370 g/mol. The molecular formula is C17H25FN3O3S+. The number of benzene rings is 1. The van der Waals surface area contributed by atoms with E-state index in [1.165, 1.54) is 16.4 Å². The van der Waals surface area contributed by atoms with Crippen LogP contribution in [0.5, 0.6) is 0 Å². The summed E-state index contributed by atoms with van der Waals surface area (Å²) in [5, 5.41) is 0.